The molecule has 0 fully saturated rings. The normalized spacial score (nSPS) is 11.1. The van der Waals surface area contributed by atoms with Crippen LogP contribution in [0.3, 0.4) is 0 Å². The highest BCUT2D eigenvalue weighted by atomic mass is 19.3. The summed E-state index contributed by atoms with van der Waals surface area (Å²) in [4.78, 5) is 4.42. The fourth-order valence-electron chi connectivity index (χ4n) is 2.59. The third-order valence-electron chi connectivity index (χ3n) is 3.86. The van der Waals surface area contributed by atoms with Crippen molar-refractivity contribution in [3.05, 3.63) is 60.0 Å². The fraction of sp³-hybridized carbons (Fsp3) is 0.250. The van der Waals surface area contributed by atoms with Crippen molar-refractivity contribution in [1.82, 2.24) is 4.98 Å². The van der Waals surface area contributed by atoms with Gasteiger partial charge in [-0.3, -0.25) is 0 Å². The maximum atomic E-state index is 12.7. The Bertz CT molecular complexity index is 863. The average Bonchev–Trinajstić information content (AvgIpc) is 3.01. The van der Waals surface area contributed by atoms with Crippen LogP contribution in [0.2, 0.25) is 0 Å². The number of hydrogen-bond donors (Lipinski definition) is 0. The summed E-state index contributed by atoms with van der Waals surface area (Å²) in [6, 6.07) is 14.1. The van der Waals surface area contributed by atoms with Crippen molar-refractivity contribution in [2.45, 2.75) is 27.1 Å². The molecular weight excluding hydrogens is 340 g/mol. The second-order valence-corrected chi connectivity index (χ2v) is 5.62. The van der Waals surface area contributed by atoms with Crippen molar-refractivity contribution in [3.8, 4) is 28.3 Å². The predicted octanol–water partition coefficient (Wildman–Crippen LogP) is 5.45. The van der Waals surface area contributed by atoms with Crippen molar-refractivity contribution < 1.29 is 22.7 Å². The molecular formula is C20H19F2NO3. The molecule has 0 aliphatic rings. The van der Waals surface area contributed by atoms with Gasteiger partial charge in [0.15, 0.2) is 5.76 Å². The minimum Gasteiger partial charge on any atom is -0.438 e. The smallest absolute Gasteiger partial charge is 0.387 e. The van der Waals surface area contributed by atoms with Gasteiger partial charge in [0, 0.05) is 17.7 Å². The van der Waals surface area contributed by atoms with Crippen LogP contribution < -0.4 is 4.74 Å². The Morgan fingerprint density at radius 3 is 2.54 bits per heavy atom. The number of nitrogens with zero attached hydrogens (tertiary/aromatic N) is 1. The van der Waals surface area contributed by atoms with E-state index in [0.29, 0.717) is 36.0 Å². The molecule has 2 aromatic carbocycles. The molecule has 0 saturated carbocycles. The zero-order valence-corrected chi connectivity index (χ0v) is 14.5. The van der Waals surface area contributed by atoms with E-state index in [1.165, 1.54) is 6.07 Å². The van der Waals surface area contributed by atoms with Crippen LogP contribution in [0.25, 0.3) is 22.6 Å². The third kappa shape index (κ3) is 4.08. The molecule has 0 N–H and O–H groups in total. The molecule has 26 heavy (non-hydrogen) atoms. The van der Waals surface area contributed by atoms with Crippen molar-refractivity contribution in [2.75, 3.05) is 6.61 Å². The zero-order chi connectivity index (χ0) is 18.5. The van der Waals surface area contributed by atoms with Crippen LogP contribution in [0, 0.1) is 6.92 Å². The minimum atomic E-state index is -2.90. The van der Waals surface area contributed by atoms with Crippen molar-refractivity contribution in [2.24, 2.45) is 0 Å². The average molecular weight is 359 g/mol. The summed E-state index contributed by atoms with van der Waals surface area (Å²) in [5.41, 5.74) is 2.73. The Balaban J connectivity index is 2.01. The highest BCUT2D eigenvalue weighted by molar-refractivity contribution is 5.75. The van der Waals surface area contributed by atoms with Crippen LogP contribution in [-0.2, 0) is 11.3 Å². The van der Waals surface area contributed by atoms with E-state index in [9.17, 15) is 8.78 Å². The number of aryl methyl sites for hydroxylation is 1. The molecule has 4 nitrogen and oxygen atoms in total. The largest absolute Gasteiger partial charge is 0.438 e. The standard InChI is InChI=1S/C20H19F2NO3/c1-3-24-12-18-13(2)23-19(25-18)15-9-10-17(26-20(21)22)16(11-15)14-7-5-4-6-8-14/h4-11,20H,3,12H2,1-2H3. The van der Waals surface area contributed by atoms with Crippen molar-refractivity contribution in [3.63, 3.8) is 0 Å². The van der Waals surface area contributed by atoms with Crippen LogP contribution in [-0.4, -0.2) is 18.2 Å². The second-order valence-electron chi connectivity index (χ2n) is 5.62. The quantitative estimate of drug-likeness (QED) is 0.562. The van der Waals surface area contributed by atoms with Gasteiger partial charge in [-0.1, -0.05) is 30.3 Å². The van der Waals surface area contributed by atoms with E-state index in [-0.39, 0.29) is 5.75 Å². The third-order valence-corrected chi connectivity index (χ3v) is 3.86. The maximum absolute atomic E-state index is 12.7. The second kappa shape index (κ2) is 8.10. The molecule has 0 spiro atoms. The lowest BCUT2D eigenvalue weighted by Gasteiger charge is -2.12. The monoisotopic (exact) mass is 359 g/mol. The van der Waals surface area contributed by atoms with Gasteiger partial charge in [0.2, 0.25) is 5.89 Å². The predicted molar refractivity (Wildman–Crippen MR) is 94.1 cm³/mol. The first-order valence-electron chi connectivity index (χ1n) is 8.27. The summed E-state index contributed by atoms with van der Waals surface area (Å²) < 4.78 is 41.3. The van der Waals surface area contributed by atoms with Crippen LogP contribution in [0.5, 0.6) is 5.75 Å². The van der Waals surface area contributed by atoms with Gasteiger partial charge >= 0.3 is 6.61 Å². The Morgan fingerprint density at radius 1 is 1.08 bits per heavy atom. The molecule has 0 amide bonds. The van der Waals surface area contributed by atoms with E-state index >= 15 is 0 Å². The maximum Gasteiger partial charge on any atom is 0.387 e. The van der Waals surface area contributed by atoms with Gasteiger partial charge in [0.1, 0.15) is 12.4 Å². The summed E-state index contributed by atoms with van der Waals surface area (Å²) in [6.45, 7) is 1.76. The zero-order valence-electron chi connectivity index (χ0n) is 14.5. The van der Waals surface area contributed by atoms with Crippen LogP contribution in [0.15, 0.2) is 52.9 Å². The fourth-order valence-corrected chi connectivity index (χ4v) is 2.59. The first-order chi connectivity index (χ1) is 12.6. The Morgan fingerprint density at radius 2 is 1.85 bits per heavy atom. The molecule has 1 heterocycles. The van der Waals surface area contributed by atoms with Crippen LogP contribution in [0.1, 0.15) is 18.4 Å². The van der Waals surface area contributed by atoms with E-state index < -0.39 is 6.61 Å². The Hall–Kier alpha value is -2.73. The van der Waals surface area contributed by atoms with Crippen LogP contribution in [0.4, 0.5) is 8.78 Å². The molecule has 0 atom stereocenters. The van der Waals surface area contributed by atoms with Gasteiger partial charge in [-0.15, -0.1) is 0 Å². The number of aromatic nitrogens is 1. The molecule has 0 saturated heterocycles. The SMILES string of the molecule is CCOCc1oc(-c2ccc(OC(F)F)c(-c3ccccc3)c2)nc1C. The summed E-state index contributed by atoms with van der Waals surface area (Å²) in [5, 5.41) is 0. The number of ether oxygens (including phenoxy) is 2. The van der Waals surface area contributed by atoms with E-state index in [1.807, 2.05) is 44.2 Å². The minimum absolute atomic E-state index is 0.104. The first-order valence-corrected chi connectivity index (χ1v) is 8.27. The highest BCUT2D eigenvalue weighted by Crippen LogP contribution is 2.35. The van der Waals surface area contributed by atoms with E-state index in [2.05, 4.69) is 9.72 Å². The molecule has 0 bridgehead atoms. The summed E-state index contributed by atoms with van der Waals surface area (Å²) in [6.07, 6.45) is 0. The number of hydrogen-bond acceptors (Lipinski definition) is 4. The summed E-state index contributed by atoms with van der Waals surface area (Å²) in [5.74, 6) is 1.17. The lowest BCUT2D eigenvalue weighted by atomic mass is 10.0. The molecule has 3 rings (SSSR count). The highest BCUT2D eigenvalue weighted by Gasteiger charge is 2.16. The lowest BCUT2D eigenvalue weighted by Crippen LogP contribution is -2.03. The van der Waals surface area contributed by atoms with E-state index in [4.69, 9.17) is 9.15 Å². The van der Waals surface area contributed by atoms with Gasteiger partial charge in [-0.25, -0.2) is 4.98 Å². The molecule has 3 aromatic rings. The van der Waals surface area contributed by atoms with Crippen LogP contribution >= 0.6 is 0 Å². The first kappa shape index (κ1) is 18.1. The van der Waals surface area contributed by atoms with E-state index in [1.54, 1.807) is 12.1 Å². The van der Waals surface area contributed by atoms with Gasteiger partial charge in [-0.05, 0) is 37.6 Å². The number of oxazole rings is 1. The van der Waals surface area contributed by atoms with Gasteiger partial charge in [0.05, 0.1) is 5.69 Å². The number of rotatable bonds is 7. The number of benzene rings is 2. The number of halogens is 2. The molecule has 0 radical (unpaired) electrons. The molecule has 136 valence electrons. The topological polar surface area (TPSA) is 44.5 Å². The Labute approximate surface area is 150 Å². The van der Waals surface area contributed by atoms with Crippen molar-refractivity contribution in [1.29, 1.82) is 0 Å². The molecule has 0 aliphatic carbocycles. The van der Waals surface area contributed by atoms with Gasteiger partial charge in [0.25, 0.3) is 0 Å². The summed E-state index contributed by atoms with van der Waals surface area (Å²) >= 11 is 0. The van der Waals surface area contributed by atoms with Gasteiger partial charge < -0.3 is 13.9 Å². The molecule has 1 aromatic heterocycles. The number of alkyl halides is 2. The lowest BCUT2D eigenvalue weighted by molar-refractivity contribution is -0.0494. The molecule has 0 aliphatic heterocycles. The Kier molecular flexibility index (Phi) is 5.63. The van der Waals surface area contributed by atoms with Crippen molar-refractivity contribution >= 4 is 0 Å². The summed E-state index contributed by atoms with van der Waals surface area (Å²) in [7, 11) is 0. The van der Waals surface area contributed by atoms with Gasteiger partial charge in [-0.2, -0.15) is 8.78 Å². The molecule has 6 heteroatoms. The molecule has 0 unspecified atom stereocenters. The van der Waals surface area contributed by atoms with E-state index in [0.717, 1.165) is 11.3 Å².